The number of ether oxygens (including phenoxy) is 6. The summed E-state index contributed by atoms with van der Waals surface area (Å²) in [6, 6.07) is 3.94. The van der Waals surface area contributed by atoms with E-state index < -0.39 is 158 Å². The van der Waals surface area contributed by atoms with E-state index in [1.165, 1.54) is 12.1 Å². The quantitative estimate of drug-likeness (QED) is 0.0657. The summed E-state index contributed by atoms with van der Waals surface area (Å²) in [6.07, 6.45) is -24.4. The summed E-state index contributed by atoms with van der Waals surface area (Å²) in [7, 11) is -1.12. The number of nitrogens with one attached hydrogen (secondary N) is 3. The molecule has 3 aliphatic heterocycles. The van der Waals surface area contributed by atoms with Gasteiger partial charge in [-0.05, 0) is 12.1 Å². The van der Waals surface area contributed by atoms with Crippen molar-refractivity contribution in [2.24, 2.45) is 5.73 Å². The molecule has 0 aromatic heterocycles. The van der Waals surface area contributed by atoms with E-state index >= 15 is 0 Å². The number of aliphatic hydroxyl groups excluding tert-OH is 8. The highest BCUT2D eigenvalue weighted by Gasteiger charge is 2.55. The van der Waals surface area contributed by atoms with Crippen LogP contribution >= 0.6 is 0 Å². The Hall–Kier alpha value is -4.23. The van der Waals surface area contributed by atoms with E-state index in [2.05, 4.69) is 15.4 Å². The van der Waals surface area contributed by atoms with Crippen molar-refractivity contribution < 1.29 is 96.9 Å². The first-order chi connectivity index (χ1) is 30.1. The van der Waals surface area contributed by atoms with Crippen molar-refractivity contribution in [2.45, 2.75) is 123 Å². The second kappa shape index (κ2) is 21.4. The van der Waals surface area contributed by atoms with Gasteiger partial charge in [-0.15, -0.1) is 0 Å². The van der Waals surface area contributed by atoms with Crippen LogP contribution in [-0.4, -0.2) is 205 Å². The van der Waals surface area contributed by atoms with Gasteiger partial charge in [-0.2, -0.15) is 4.72 Å². The van der Waals surface area contributed by atoms with Crippen LogP contribution in [0, 0.1) is 0 Å². The number of primary amides is 1. The number of carbonyl (C=O) groups excluding carboxylic acids is 4. The topological polar surface area (TPSA) is 385 Å². The number of nitrogens with zero attached hydrogens (tertiary/aromatic N) is 1. The molecule has 3 fully saturated rings. The number of amides is 3. The number of esters is 1. The Bertz CT molecular complexity index is 2080. The van der Waals surface area contributed by atoms with E-state index in [0.717, 1.165) is 13.8 Å². The fourth-order valence-corrected chi connectivity index (χ4v) is 9.07. The molecule has 13 N–H and O–H groups in total. The summed E-state index contributed by atoms with van der Waals surface area (Å²) in [5, 5.41) is 90.1. The van der Waals surface area contributed by atoms with Crippen LogP contribution in [-0.2, 0) is 57.6 Å². The molecule has 26 heteroatoms. The first-order valence-corrected chi connectivity index (χ1v) is 21.4. The molecule has 3 saturated heterocycles. The van der Waals surface area contributed by atoms with Crippen molar-refractivity contribution in [1.82, 2.24) is 15.4 Å². The zero-order valence-electron chi connectivity index (χ0n) is 34.9. The number of nitrogens with two attached hydrogens (primary N) is 1. The van der Waals surface area contributed by atoms with Gasteiger partial charge in [-0.1, -0.05) is 24.3 Å². The number of hydrogen-bond donors (Lipinski definition) is 12. The third-order valence-electron chi connectivity index (χ3n) is 10.7. The SMILES string of the molecule is CC(=O)N[C@H]1[C@H](O[C@H]2[C@H](O)[C@@H](NC(C)=O)[C@H](OC(=O)[C@H](CC(N)=O)NS(=O)(=O)c3cccc4c(N(C)C)cccc34)O[C@@H]2CO)O[C@H](CO)[C@@H](O[C@@H]2O[C@H](CO)[C@@H](O)[C@H](O)[C@@H]2O)[C@@H]1O. The molecule has 0 aliphatic carbocycles. The Balaban J connectivity index is 1.39. The summed E-state index contributed by atoms with van der Waals surface area (Å²) in [6.45, 7) is -0.715. The lowest BCUT2D eigenvalue weighted by Crippen LogP contribution is -2.70. The molecular formula is C38H55N5O20S. The number of hydrogen-bond acceptors (Lipinski definition) is 21. The van der Waals surface area contributed by atoms with Gasteiger partial charge in [0, 0.05) is 44.4 Å². The zero-order valence-corrected chi connectivity index (χ0v) is 35.8. The summed E-state index contributed by atoms with van der Waals surface area (Å²) in [4.78, 5) is 52.3. The van der Waals surface area contributed by atoms with Gasteiger partial charge in [0.05, 0.1) is 31.1 Å². The molecule has 2 aromatic carbocycles. The minimum absolute atomic E-state index is 0.264. The van der Waals surface area contributed by atoms with Crippen LogP contribution in [0.25, 0.3) is 10.8 Å². The van der Waals surface area contributed by atoms with Crippen LogP contribution in [0.2, 0.25) is 0 Å². The van der Waals surface area contributed by atoms with Crippen molar-refractivity contribution in [3.8, 4) is 0 Å². The summed E-state index contributed by atoms with van der Waals surface area (Å²) >= 11 is 0. The van der Waals surface area contributed by atoms with E-state index in [-0.39, 0.29) is 10.3 Å². The third kappa shape index (κ3) is 11.2. The molecule has 64 heavy (non-hydrogen) atoms. The van der Waals surface area contributed by atoms with E-state index in [9.17, 15) is 68.4 Å². The van der Waals surface area contributed by atoms with Crippen molar-refractivity contribution in [3.05, 3.63) is 36.4 Å². The Morgan fingerprint density at radius 3 is 1.73 bits per heavy atom. The molecule has 0 spiro atoms. The fourth-order valence-electron chi connectivity index (χ4n) is 7.66. The third-order valence-corrected chi connectivity index (χ3v) is 12.3. The number of rotatable bonds is 17. The molecular weight excluding hydrogens is 879 g/mol. The smallest absolute Gasteiger partial charge is 0.327 e. The molecule has 16 atom stereocenters. The second-order valence-electron chi connectivity index (χ2n) is 15.6. The second-order valence-corrected chi connectivity index (χ2v) is 17.3. The highest BCUT2D eigenvalue weighted by Crippen LogP contribution is 2.34. The lowest BCUT2D eigenvalue weighted by Gasteiger charge is -2.49. The van der Waals surface area contributed by atoms with E-state index in [4.69, 9.17) is 34.2 Å². The van der Waals surface area contributed by atoms with Crippen LogP contribution in [0.5, 0.6) is 0 Å². The van der Waals surface area contributed by atoms with Crippen molar-refractivity contribution in [2.75, 3.05) is 38.8 Å². The van der Waals surface area contributed by atoms with Crippen LogP contribution in [0.3, 0.4) is 0 Å². The molecule has 358 valence electrons. The average Bonchev–Trinajstić information content (AvgIpc) is 3.23. The minimum atomic E-state index is -4.63. The Morgan fingerprint density at radius 1 is 0.703 bits per heavy atom. The predicted molar refractivity (Wildman–Crippen MR) is 215 cm³/mol. The minimum Gasteiger partial charge on any atom is -0.432 e. The highest BCUT2D eigenvalue weighted by atomic mass is 32.2. The number of aliphatic hydroxyl groups is 8. The van der Waals surface area contributed by atoms with E-state index in [1.54, 1.807) is 43.3 Å². The number of carbonyl (C=O) groups is 4. The molecule has 0 unspecified atom stereocenters. The summed E-state index contributed by atoms with van der Waals surface area (Å²) in [5.41, 5.74) is 6.07. The van der Waals surface area contributed by atoms with E-state index in [0.29, 0.717) is 11.1 Å². The van der Waals surface area contributed by atoms with Gasteiger partial charge in [0.2, 0.25) is 34.0 Å². The number of fused-ring (bicyclic) bond motifs is 1. The van der Waals surface area contributed by atoms with Crippen LogP contribution in [0.4, 0.5) is 5.69 Å². The fraction of sp³-hybridized carbons (Fsp3) is 0.632. The molecule has 0 radical (unpaired) electrons. The normalized spacial score (nSPS) is 33.8. The summed E-state index contributed by atoms with van der Waals surface area (Å²) in [5.74, 6) is -4.20. The molecule has 3 heterocycles. The molecule has 5 rings (SSSR count). The van der Waals surface area contributed by atoms with Gasteiger partial charge in [-0.25, -0.2) is 8.42 Å². The maximum atomic E-state index is 13.9. The molecule has 3 aliphatic rings. The maximum Gasteiger partial charge on any atom is 0.327 e. The largest absolute Gasteiger partial charge is 0.432 e. The maximum absolute atomic E-state index is 13.9. The summed E-state index contributed by atoms with van der Waals surface area (Å²) < 4.78 is 64.0. The Labute approximate surface area is 366 Å². The average molecular weight is 934 g/mol. The first-order valence-electron chi connectivity index (χ1n) is 19.9. The van der Waals surface area contributed by atoms with Crippen LogP contribution in [0.15, 0.2) is 41.3 Å². The van der Waals surface area contributed by atoms with Crippen LogP contribution < -0.4 is 26.0 Å². The van der Waals surface area contributed by atoms with Crippen molar-refractivity contribution in [1.29, 1.82) is 0 Å². The number of benzene rings is 2. The van der Waals surface area contributed by atoms with E-state index in [1.807, 2.05) is 0 Å². The van der Waals surface area contributed by atoms with Crippen molar-refractivity contribution >= 4 is 50.2 Å². The molecule has 2 aromatic rings. The zero-order chi connectivity index (χ0) is 47.4. The van der Waals surface area contributed by atoms with Gasteiger partial charge in [-0.3, -0.25) is 19.2 Å². The predicted octanol–water partition coefficient (Wildman–Crippen LogP) is -6.29. The Kier molecular flexibility index (Phi) is 17.0. The number of anilines is 1. The first kappa shape index (κ1) is 50.8. The molecule has 0 bridgehead atoms. The van der Waals surface area contributed by atoms with Gasteiger partial charge >= 0.3 is 5.97 Å². The lowest BCUT2D eigenvalue weighted by molar-refractivity contribution is -0.361. The Morgan fingerprint density at radius 2 is 1.20 bits per heavy atom. The molecule has 25 nitrogen and oxygen atoms in total. The van der Waals surface area contributed by atoms with Crippen LogP contribution in [0.1, 0.15) is 20.3 Å². The monoisotopic (exact) mass is 933 g/mol. The van der Waals surface area contributed by atoms with Gasteiger partial charge in [0.15, 0.2) is 12.6 Å². The standard InChI is InChI=1S/C38H55N5O20S/c1-15(47)40-26-29(51)34(62-38-32(54)31(53)28(50)21(12-44)58-38)23(14-46)59-36(26)61-33-22(13-45)60-37(27(30(33)52)41-16(2)48)63-35(55)19(11-25(39)49)42-64(56,57)24-10-6-7-17-18(24)8-5-9-20(17)43(3)4/h5-10,19,21-23,26-34,36-38,42,44-46,50-54H,11-14H2,1-4H3,(H2,39,49)(H,40,47)(H,41,48)/t19-,21+,22+,23+,26+,27+,28+,29+,30+,31-,32-,33+,34+,36-,37-,38-/m0/s1. The number of sulfonamides is 1. The lowest BCUT2D eigenvalue weighted by atomic mass is 9.94. The van der Waals surface area contributed by atoms with Gasteiger partial charge < -0.3 is 90.5 Å². The molecule has 3 amide bonds. The van der Waals surface area contributed by atoms with Crippen molar-refractivity contribution in [3.63, 3.8) is 0 Å². The molecule has 0 saturated carbocycles. The van der Waals surface area contributed by atoms with Gasteiger partial charge in [0.25, 0.3) is 0 Å². The van der Waals surface area contributed by atoms with Gasteiger partial charge in [0.1, 0.15) is 79.2 Å². The highest BCUT2D eigenvalue weighted by molar-refractivity contribution is 7.89.